The van der Waals surface area contributed by atoms with Crippen LogP contribution in [-0.2, 0) is 0 Å². The molecule has 0 spiro atoms. The Balaban J connectivity index is 1.92. The molecule has 3 aromatic rings. The average molecular weight is 272 g/mol. The van der Waals surface area contributed by atoms with Gasteiger partial charge in [-0.2, -0.15) is 9.36 Å². The molecule has 4 nitrogen and oxygen atoms in total. The summed E-state index contributed by atoms with van der Waals surface area (Å²) < 4.78 is 16.9. The van der Waals surface area contributed by atoms with Crippen LogP contribution in [0.25, 0.3) is 22.6 Å². The van der Waals surface area contributed by atoms with E-state index in [1.807, 2.05) is 12.1 Å². The largest absolute Gasteiger partial charge is 0.374 e. The number of hydrogen-bond donors (Lipinski definition) is 1. The van der Waals surface area contributed by atoms with Crippen molar-refractivity contribution in [3.05, 3.63) is 48.4 Å². The molecule has 3 rings (SSSR count). The molecule has 0 saturated heterocycles. The highest BCUT2D eigenvalue weighted by atomic mass is 32.1. The number of nitrogens with two attached hydrogens (primary N) is 1. The zero-order valence-electron chi connectivity index (χ0n) is 9.75. The van der Waals surface area contributed by atoms with Crippen LogP contribution < -0.4 is 5.73 Å². The molecule has 0 atom stereocenters. The van der Waals surface area contributed by atoms with Gasteiger partial charge in [0.05, 0.1) is 0 Å². The number of nitrogens with zero attached hydrogens (tertiary/aromatic N) is 3. The predicted octanol–water partition coefficient (Wildman–Crippen LogP) is 2.99. The molecule has 2 heterocycles. The first-order valence-corrected chi connectivity index (χ1v) is 6.31. The Hall–Kier alpha value is -2.34. The molecular formula is C13H9FN4S. The van der Waals surface area contributed by atoms with E-state index in [9.17, 15) is 4.39 Å². The van der Waals surface area contributed by atoms with Gasteiger partial charge < -0.3 is 5.73 Å². The van der Waals surface area contributed by atoms with E-state index >= 15 is 0 Å². The fourth-order valence-corrected chi connectivity index (χ4v) is 2.12. The Morgan fingerprint density at radius 3 is 2.32 bits per heavy atom. The first-order valence-electron chi connectivity index (χ1n) is 5.54. The van der Waals surface area contributed by atoms with Crippen molar-refractivity contribution in [1.82, 2.24) is 14.3 Å². The lowest BCUT2D eigenvalue weighted by Crippen LogP contribution is -1.88. The third-order valence-electron chi connectivity index (χ3n) is 2.61. The SMILES string of the molecule is Nc1nc(-c2ccc(-c3ccc(F)cc3)cn2)ns1. The summed E-state index contributed by atoms with van der Waals surface area (Å²) in [7, 11) is 0. The summed E-state index contributed by atoms with van der Waals surface area (Å²) in [4.78, 5) is 8.36. The number of benzene rings is 1. The van der Waals surface area contributed by atoms with Crippen LogP contribution in [-0.4, -0.2) is 14.3 Å². The van der Waals surface area contributed by atoms with Gasteiger partial charge in [-0.05, 0) is 23.8 Å². The van der Waals surface area contributed by atoms with E-state index in [1.54, 1.807) is 18.3 Å². The fraction of sp³-hybridized carbons (Fsp3) is 0. The monoisotopic (exact) mass is 272 g/mol. The van der Waals surface area contributed by atoms with Gasteiger partial charge in [-0.15, -0.1) is 0 Å². The van der Waals surface area contributed by atoms with E-state index in [0.717, 1.165) is 22.7 Å². The molecule has 0 unspecified atom stereocenters. The first kappa shape index (κ1) is 11.7. The Bertz CT molecular complexity index is 691. The number of pyridine rings is 1. The van der Waals surface area contributed by atoms with Crippen LogP contribution in [0.3, 0.4) is 0 Å². The Kier molecular flexibility index (Phi) is 2.92. The number of anilines is 1. The van der Waals surface area contributed by atoms with Crippen molar-refractivity contribution in [2.24, 2.45) is 0 Å². The second-order valence-electron chi connectivity index (χ2n) is 3.90. The summed E-state index contributed by atoms with van der Waals surface area (Å²) in [6, 6.07) is 9.99. The van der Waals surface area contributed by atoms with Crippen LogP contribution in [0.5, 0.6) is 0 Å². The molecular weight excluding hydrogens is 263 g/mol. The fourth-order valence-electron chi connectivity index (χ4n) is 1.68. The molecule has 0 amide bonds. The zero-order valence-corrected chi connectivity index (χ0v) is 10.6. The van der Waals surface area contributed by atoms with E-state index in [1.165, 1.54) is 12.1 Å². The molecule has 0 aliphatic rings. The normalized spacial score (nSPS) is 10.6. The maximum Gasteiger partial charge on any atom is 0.200 e. The van der Waals surface area contributed by atoms with Crippen molar-refractivity contribution < 1.29 is 4.39 Å². The molecule has 6 heteroatoms. The predicted molar refractivity (Wildman–Crippen MR) is 72.9 cm³/mol. The smallest absolute Gasteiger partial charge is 0.200 e. The van der Waals surface area contributed by atoms with Gasteiger partial charge >= 0.3 is 0 Å². The minimum atomic E-state index is -0.254. The van der Waals surface area contributed by atoms with E-state index in [2.05, 4.69) is 14.3 Å². The summed E-state index contributed by atoms with van der Waals surface area (Å²) in [5.74, 6) is 0.267. The van der Waals surface area contributed by atoms with E-state index in [0.29, 0.717) is 16.6 Å². The highest BCUT2D eigenvalue weighted by Crippen LogP contribution is 2.22. The van der Waals surface area contributed by atoms with Crippen molar-refractivity contribution in [2.45, 2.75) is 0 Å². The van der Waals surface area contributed by atoms with Crippen LogP contribution >= 0.6 is 11.5 Å². The zero-order chi connectivity index (χ0) is 13.2. The van der Waals surface area contributed by atoms with Crippen LogP contribution in [0.15, 0.2) is 42.6 Å². The van der Waals surface area contributed by atoms with Gasteiger partial charge in [-0.1, -0.05) is 18.2 Å². The molecule has 1 aromatic carbocycles. The highest BCUT2D eigenvalue weighted by Gasteiger charge is 2.06. The number of rotatable bonds is 2. The summed E-state index contributed by atoms with van der Waals surface area (Å²) in [6.07, 6.45) is 1.71. The minimum Gasteiger partial charge on any atom is -0.374 e. The lowest BCUT2D eigenvalue weighted by atomic mass is 10.1. The standard InChI is InChI=1S/C13H9FN4S/c14-10-4-1-8(2-5-10)9-3-6-11(16-7-9)12-17-13(15)19-18-12/h1-7H,(H2,15,17,18). The highest BCUT2D eigenvalue weighted by molar-refractivity contribution is 7.09. The second kappa shape index (κ2) is 4.74. The lowest BCUT2D eigenvalue weighted by Gasteiger charge is -2.01. The molecule has 19 heavy (non-hydrogen) atoms. The molecule has 94 valence electrons. The molecule has 0 saturated carbocycles. The Morgan fingerprint density at radius 1 is 1.00 bits per heavy atom. The summed E-state index contributed by atoms with van der Waals surface area (Å²) in [6.45, 7) is 0. The van der Waals surface area contributed by atoms with Gasteiger partial charge in [-0.3, -0.25) is 4.98 Å². The first-order chi connectivity index (χ1) is 9.22. The molecule has 0 aliphatic carbocycles. The van der Waals surface area contributed by atoms with Gasteiger partial charge in [0, 0.05) is 23.3 Å². The van der Waals surface area contributed by atoms with Crippen molar-refractivity contribution in [3.63, 3.8) is 0 Å². The summed E-state index contributed by atoms with van der Waals surface area (Å²) in [5, 5.41) is 0.416. The third-order valence-corrected chi connectivity index (χ3v) is 3.15. The van der Waals surface area contributed by atoms with E-state index in [-0.39, 0.29) is 5.82 Å². The minimum absolute atomic E-state index is 0.254. The maximum absolute atomic E-state index is 12.8. The molecule has 0 aliphatic heterocycles. The topological polar surface area (TPSA) is 64.7 Å². The molecule has 0 bridgehead atoms. The quantitative estimate of drug-likeness (QED) is 0.779. The van der Waals surface area contributed by atoms with Gasteiger partial charge in [0.1, 0.15) is 11.5 Å². The van der Waals surface area contributed by atoms with Crippen molar-refractivity contribution in [3.8, 4) is 22.6 Å². The van der Waals surface area contributed by atoms with Crippen molar-refractivity contribution in [2.75, 3.05) is 5.73 Å². The Morgan fingerprint density at radius 2 is 1.74 bits per heavy atom. The average Bonchev–Trinajstić information content (AvgIpc) is 2.87. The number of halogens is 1. The van der Waals surface area contributed by atoms with E-state index < -0.39 is 0 Å². The van der Waals surface area contributed by atoms with Gasteiger partial charge in [0.15, 0.2) is 11.0 Å². The maximum atomic E-state index is 12.8. The molecule has 2 N–H and O–H groups in total. The molecule has 0 radical (unpaired) electrons. The van der Waals surface area contributed by atoms with Gasteiger partial charge in [0.2, 0.25) is 0 Å². The summed E-state index contributed by atoms with van der Waals surface area (Å²) in [5.41, 5.74) is 8.02. The van der Waals surface area contributed by atoms with Crippen LogP contribution in [0, 0.1) is 5.82 Å². The number of hydrogen-bond acceptors (Lipinski definition) is 5. The third kappa shape index (κ3) is 2.43. The molecule has 0 fully saturated rings. The van der Waals surface area contributed by atoms with Crippen molar-refractivity contribution in [1.29, 1.82) is 0 Å². The molecule has 2 aromatic heterocycles. The lowest BCUT2D eigenvalue weighted by molar-refractivity contribution is 0.628. The van der Waals surface area contributed by atoms with Gasteiger partial charge in [-0.25, -0.2) is 4.39 Å². The van der Waals surface area contributed by atoms with Crippen molar-refractivity contribution >= 4 is 16.7 Å². The van der Waals surface area contributed by atoms with E-state index in [4.69, 9.17) is 5.73 Å². The summed E-state index contributed by atoms with van der Waals surface area (Å²) >= 11 is 1.14. The Labute approximate surface area is 112 Å². The van der Waals surface area contributed by atoms with Crippen LogP contribution in [0.1, 0.15) is 0 Å². The number of aromatic nitrogens is 3. The number of nitrogen functional groups attached to an aromatic ring is 1. The van der Waals surface area contributed by atoms with Gasteiger partial charge in [0.25, 0.3) is 0 Å². The second-order valence-corrected chi connectivity index (χ2v) is 4.68. The van der Waals surface area contributed by atoms with Crippen LogP contribution in [0.4, 0.5) is 9.52 Å². The van der Waals surface area contributed by atoms with Crippen LogP contribution in [0.2, 0.25) is 0 Å².